The molecule has 0 aromatic heterocycles. The quantitative estimate of drug-likeness (QED) is 0.886. The van der Waals surface area contributed by atoms with Gasteiger partial charge in [0.05, 0.1) is 12.5 Å². The van der Waals surface area contributed by atoms with E-state index >= 15 is 0 Å². The molecule has 0 spiro atoms. The summed E-state index contributed by atoms with van der Waals surface area (Å²) < 4.78 is 17.9. The van der Waals surface area contributed by atoms with E-state index in [0.29, 0.717) is 12.1 Å². The highest BCUT2D eigenvalue weighted by atomic mass is 19.1. The molecule has 1 heterocycles. The third-order valence-corrected chi connectivity index (χ3v) is 3.66. The molecule has 6 heteroatoms. The third-order valence-electron chi connectivity index (χ3n) is 3.66. The minimum absolute atomic E-state index is 0.146. The van der Waals surface area contributed by atoms with E-state index in [1.807, 2.05) is 26.8 Å². The van der Waals surface area contributed by atoms with E-state index in [4.69, 9.17) is 15.1 Å². The molecule has 0 aliphatic carbocycles. The van der Waals surface area contributed by atoms with Crippen LogP contribution in [0.3, 0.4) is 0 Å². The molecule has 1 amide bonds. The van der Waals surface area contributed by atoms with Crippen molar-refractivity contribution in [2.24, 2.45) is 5.92 Å². The topological polar surface area (TPSA) is 73.6 Å². The Morgan fingerprint density at radius 1 is 1.44 bits per heavy atom. The number of aliphatic hydroxyl groups excluding tert-OH is 1. The standard InChI is InChI=1S/C11H21NO3.C8H6FN/c1-11(2,3)15-10(14)12-6-4-5-9(7-12)8-13;9-8-4-2-1-3-7(8)5-6-10/h9,13H,4-8H2,1-3H3;1-4H,5H2. The van der Waals surface area contributed by atoms with E-state index < -0.39 is 5.60 Å². The Morgan fingerprint density at radius 2 is 2.12 bits per heavy atom. The Morgan fingerprint density at radius 3 is 2.68 bits per heavy atom. The van der Waals surface area contributed by atoms with E-state index in [2.05, 4.69) is 0 Å². The first-order valence-electron chi connectivity index (χ1n) is 8.46. The second-order valence-corrected chi connectivity index (χ2v) is 7.04. The number of carbonyl (C=O) groups is 1. The van der Waals surface area contributed by atoms with Gasteiger partial charge in [0.25, 0.3) is 0 Å². The van der Waals surface area contributed by atoms with Crippen molar-refractivity contribution in [2.45, 2.75) is 45.6 Å². The van der Waals surface area contributed by atoms with Gasteiger partial charge in [-0.3, -0.25) is 0 Å². The summed E-state index contributed by atoms with van der Waals surface area (Å²) in [6.07, 6.45) is 1.83. The van der Waals surface area contributed by atoms with E-state index in [1.54, 1.807) is 23.1 Å². The predicted molar refractivity (Wildman–Crippen MR) is 93.3 cm³/mol. The number of nitriles is 1. The van der Waals surface area contributed by atoms with E-state index in [9.17, 15) is 9.18 Å². The van der Waals surface area contributed by atoms with Gasteiger partial charge in [-0.25, -0.2) is 9.18 Å². The zero-order valence-electron chi connectivity index (χ0n) is 15.2. The van der Waals surface area contributed by atoms with Gasteiger partial charge >= 0.3 is 6.09 Å². The van der Waals surface area contributed by atoms with Crippen molar-refractivity contribution in [3.8, 4) is 6.07 Å². The number of benzene rings is 1. The van der Waals surface area contributed by atoms with Crippen LogP contribution < -0.4 is 0 Å². The normalized spacial score (nSPS) is 17.1. The second-order valence-electron chi connectivity index (χ2n) is 7.04. The number of nitrogens with zero attached hydrogens (tertiary/aromatic N) is 2. The van der Waals surface area contributed by atoms with Gasteiger partial charge in [-0.2, -0.15) is 5.26 Å². The Balaban J connectivity index is 0.000000271. The van der Waals surface area contributed by atoms with Crippen LogP contribution in [0.5, 0.6) is 0 Å². The summed E-state index contributed by atoms with van der Waals surface area (Å²) in [5.74, 6) is -0.0877. The number of likely N-dealkylation sites (tertiary alicyclic amines) is 1. The fraction of sp³-hybridized carbons (Fsp3) is 0.579. The molecule has 138 valence electrons. The molecule has 1 aliphatic rings. The first-order valence-corrected chi connectivity index (χ1v) is 8.46. The van der Waals surface area contributed by atoms with Crippen molar-refractivity contribution in [1.29, 1.82) is 5.26 Å². The Labute approximate surface area is 149 Å². The number of halogens is 1. The van der Waals surface area contributed by atoms with E-state index in [0.717, 1.165) is 19.4 Å². The fourth-order valence-electron chi connectivity index (χ4n) is 2.43. The number of piperidine rings is 1. The third kappa shape index (κ3) is 7.99. The van der Waals surface area contributed by atoms with Gasteiger partial charge in [-0.15, -0.1) is 0 Å². The largest absolute Gasteiger partial charge is 0.444 e. The van der Waals surface area contributed by atoms with Crippen molar-refractivity contribution in [1.82, 2.24) is 4.90 Å². The molecule has 1 aliphatic heterocycles. The molecule has 0 bridgehead atoms. The van der Waals surface area contributed by atoms with Crippen LogP contribution in [-0.2, 0) is 11.2 Å². The number of aliphatic hydroxyl groups is 1. The molecule has 1 fully saturated rings. The summed E-state index contributed by atoms with van der Waals surface area (Å²) in [6.45, 7) is 7.09. The summed E-state index contributed by atoms with van der Waals surface area (Å²) in [7, 11) is 0. The average molecular weight is 350 g/mol. The zero-order chi connectivity index (χ0) is 18.9. The number of hydrogen-bond donors (Lipinski definition) is 1. The van der Waals surface area contributed by atoms with Crippen molar-refractivity contribution in [3.05, 3.63) is 35.6 Å². The number of ether oxygens (including phenoxy) is 1. The minimum atomic E-state index is -0.441. The van der Waals surface area contributed by atoms with Gasteiger partial charge in [0, 0.05) is 25.3 Å². The van der Waals surface area contributed by atoms with Crippen LogP contribution in [0.25, 0.3) is 0 Å². The molecule has 1 N–H and O–H groups in total. The van der Waals surface area contributed by atoms with Crippen LogP contribution in [-0.4, -0.2) is 41.4 Å². The maximum absolute atomic E-state index is 12.6. The zero-order valence-corrected chi connectivity index (χ0v) is 15.2. The number of carbonyl (C=O) groups excluding carboxylic acids is 1. The van der Waals surface area contributed by atoms with Crippen LogP contribution >= 0.6 is 0 Å². The molecular formula is C19H27FN2O3. The average Bonchev–Trinajstić information content (AvgIpc) is 2.56. The molecule has 1 saturated heterocycles. The molecule has 1 aromatic carbocycles. The van der Waals surface area contributed by atoms with Gasteiger partial charge in [0.15, 0.2) is 0 Å². The molecule has 0 radical (unpaired) electrons. The minimum Gasteiger partial charge on any atom is -0.444 e. The first-order chi connectivity index (χ1) is 11.8. The lowest BCUT2D eigenvalue weighted by atomic mass is 9.99. The molecule has 2 rings (SSSR count). The Kier molecular flexibility index (Phi) is 8.36. The molecular weight excluding hydrogens is 323 g/mol. The van der Waals surface area contributed by atoms with E-state index in [-0.39, 0.29) is 30.9 Å². The van der Waals surface area contributed by atoms with E-state index in [1.165, 1.54) is 6.07 Å². The summed E-state index contributed by atoms with van der Waals surface area (Å²) >= 11 is 0. The lowest BCUT2D eigenvalue weighted by Crippen LogP contribution is -2.43. The van der Waals surface area contributed by atoms with Crippen LogP contribution in [0.15, 0.2) is 24.3 Å². The molecule has 0 saturated carbocycles. The molecule has 1 unspecified atom stereocenters. The molecule has 1 atom stereocenters. The summed E-state index contributed by atoms with van der Waals surface area (Å²) in [5.41, 5.74) is 0.0217. The van der Waals surface area contributed by atoms with Crippen molar-refractivity contribution in [2.75, 3.05) is 19.7 Å². The summed E-state index contributed by atoms with van der Waals surface area (Å²) in [4.78, 5) is 13.4. The predicted octanol–water partition coefficient (Wildman–Crippen LogP) is 3.52. The Bertz CT molecular complexity index is 593. The van der Waals surface area contributed by atoms with Crippen LogP contribution in [0, 0.1) is 23.1 Å². The maximum Gasteiger partial charge on any atom is 0.410 e. The van der Waals surface area contributed by atoms with Gasteiger partial charge in [0.2, 0.25) is 0 Å². The number of hydrogen-bond acceptors (Lipinski definition) is 4. The number of rotatable bonds is 2. The molecule has 5 nitrogen and oxygen atoms in total. The fourth-order valence-corrected chi connectivity index (χ4v) is 2.43. The highest BCUT2D eigenvalue weighted by Crippen LogP contribution is 2.18. The first kappa shape index (κ1) is 20.9. The summed E-state index contributed by atoms with van der Waals surface area (Å²) in [5, 5.41) is 17.3. The lowest BCUT2D eigenvalue weighted by molar-refractivity contribution is 0.0132. The van der Waals surface area contributed by atoms with Crippen molar-refractivity contribution < 1.29 is 19.0 Å². The van der Waals surface area contributed by atoms with Crippen LogP contribution in [0.4, 0.5) is 9.18 Å². The SMILES string of the molecule is CC(C)(C)OC(=O)N1CCCC(CO)C1.N#CCc1ccccc1F. The van der Waals surface area contributed by atoms with Crippen LogP contribution in [0.2, 0.25) is 0 Å². The Hall–Kier alpha value is -2.13. The highest BCUT2D eigenvalue weighted by molar-refractivity contribution is 5.68. The second kappa shape index (κ2) is 10.00. The number of amides is 1. The van der Waals surface area contributed by atoms with Gasteiger partial charge in [-0.1, -0.05) is 18.2 Å². The van der Waals surface area contributed by atoms with Crippen LogP contribution in [0.1, 0.15) is 39.2 Å². The monoisotopic (exact) mass is 350 g/mol. The van der Waals surface area contributed by atoms with Gasteiger partial charge in [-0.05, 0) is 45.6 Å². The molecule has 1 aromatic rings. The van der Waals surface area contributed by atoms with Crippen molar-refractivity contribution >= 4 is 6.09 Å². The molecule has 25 heavy (non-hydrogen) atoms. The lowest BCUT2D eigenvalue weighted by Gasteiger charge is -2.33. The van der Waals surface area contributed by atoms with Gasteiger partial charge < -0.3 is 14.7 Å². The summed E-state index contributed by atoms with van der Waals surface area (Å²) in [6, 6.07) is 8.17. The maximum atomic E-state index is 12.6. The van der Waals surface area contributed by atoms with Gasteiger partial charge in [0.1, 0.15) is 11.4 Å². The van der Waals surface area contributed by atoms with Crippen molar-refractivity contribution in [3.63, 3.8) is 0 Å². The smallest absolute Gasteiger partial charge is 0.410 e. The highest BCUT2D eigenvalue weighted by Gasteiger charge is 2.27.